The lowest BCUT2D eigenvalue weighted by atomic mass is 9.96. The Labute approximate surface area is 199 Å². The van der Waals surface area contributed by atoms with Gasteiger partial charge in [-0.15, -0.1) is 0 Å². The van der Waals surface area contributed by atoms with E-state index in [0.29, 0.717) is 0 Å². The molecule has 2 aromatic heterocycles. The van der Waals surface area contributed by atoms with Crippen LogP contribution in [0.1, 0.15) is 34.7 Å². The fraction of sp³-hybridized carbons (Fsp3) is 0.360. The van der Waals surface area contributed by atoms with Gasteiger partial charge >= 0.3 is 0 Å². The maximum absolute atomic E-state index is 5.81. The molecule has 4 heterocycles. The molecule has 7 nitrogen and oxygen atoms in total. The minimum atomic E-state index is -0.0217. The molecule has 5 rings (SSSR count). The number of ether oxygens (including phenoxy) is 2. The summed E-state index contributed by atoms with van der Waals surface area (Å²) >= 11 is 5.81. The van der Waals surface area contributed by atoms with Gasteiger partial charge < -0.3 is 29.2 Å². The summed E-state index contributed by atoms with van der Waals surface area (Å²) in [6.45, 7) is 6.33. The van der Waals surface area contributed by atoms with Gasteiger partial charge in [0.15, 0.2) is 16.6 Å². The number of benzene rings is 1. The second kappa shape index (κ2) is 8.68. The molecule has 0 amide bonds. The fourth-order valence-electron chi connectivity index (χ4n) is 4.80. The predicted octanol–water partition coefficient (Wildman–Crippen LogP) is 3.75. The first-order chi connectivity index (χ1) is 15.9. The Kier molecular flexibility index (Phi) is 5.72. The van der Waals surface area contributed by atoms with Gasteiger partial charge in [0, 0.05) is 42.4 Å². The van der Waals surface area contributed by atoms with E-state index in [1.54, 1.807) is 0 Å². The molecular weight excluding hydrogens is 434 g/mol. The SMILES string of the molecule is Cc1cc(C2C(c3ccccn3)NC(=S)N2CCN(C)C)c(C)n1-c1ccc2c(c1)OCO2. The van der Waals surface area contributed by atoms with Gasteiger partial charge in [-0.05, 0) is 76.1 Å². The predicted molar refractivity (Wildman–Crippen MR) is 132 cm³/mol. The zero-order chi connectivity index (χ0) is 23.1. The average molecular weight is 464 g/mol. The first-order valence-electron chi connectivity index (χ1n) is 11.2. The molecule has 172 valence electrons. The van der Waals surface area contributed by atoms with Crippen molar-refractivity contribution in [2.24, 2.45) is 0 Å². The number of likely N-dealkylation sites (N-methyl/N-ethyl adjacent to an activating group) is 1. The molecular formula is C25H29N5O2S. The van der Waals surface area contributed by atoms with Crippen molar-refractivity contribution in [2.45, 2.75) is 25.9 Å². The first-order valence-corrected chi connectivity index (χ1v) is 11.6. The summed E-state index contributed by atoms with van der Waals surface area (Å²) in [6.07, 6.45) is 1.84. The molecule has 33 heavy (non-hydrogen) atoms. The van der Waals surface area contributed by atoms with Gasteiger partial charge in [0.1, 0.15) is 0 Å². The smallest absolute Gasteiger partial charge is 0.231 e. The first kappa shape index (κ1) is 21.7. The highest BCUT2D eigenvalue weighted by Gasteiger charge is 2.41. The Morgan fingerprint density at radius 3 is 2.70 bits per heavy atom. The summed E-state index contributed by atoms with van der Waals surface area (Å²) in [5.74, 6) is 1.57. The Balaban J connectivity index is 1.58. The second-order valence-corrected chi connectivity index (χ2v) is 9.21. The Morgan fingerprint density at radius 2 is 1.94 bits per heavy atom. The van der Waals surface area contributed by atoms with Crippen LogP contribution < -0.4 is 14.8 Å². The number of aromatic nitrogens is 2. The lowest BCUT2D eigenvalue weighted by Gasteiger charge is -2.29. The van der Waals surface area contributed by atoms with Gasteiger partial charge in [-0.1, -0.05) is 6.07 Å². The largest absolute Gasteiger partial charge is 0.454 e. The third kappa shape index (κ3) is 3.94. The Bertz CT molecular complexity index is 1180. The van der Waals surface area contributed by atoms with Crippen molar-refractivity contribution in [2.75, 3.05) is 34.0 Å². The molecule has 1 saturated heterocycles. The normalized spacial score (nSPS) is 19.4. The van der Waals surface area contributed by atoms with Crippen LogP contribution in [-0.4, -0.2) is 58.4 Å². The topological polar surface area (TPSA) is 54.8 Å². The molecule has 3 aromatic rings. The van der Waals surface area contributed by atoms with E-state index < -0.39 is 0 Å². The number of hydrogen-bond donors (Lipinski definition) is 1. The molecule has 1 aromatic carbocycles. The minimum absolute atomic E-state index is 0.0217. The van der Waals surface area contributed by atoms with Crippen LogP contribution in [0.3, 0.4) is 0 Å². The molecule has 2 aliphatic rings. The van der Waals surface area contributed by atoms with Crippen molar-refractivity contribution < 1.29 is 9.47 Å². The molecule has 0 spiro atoms. The molecule has 2 unspecified atom stereocenters. The monoisotopic (exact) mass is 463 g/mol. The van der Waals surface area contributed by atoms with Crippen molar-refractivity contribution in [1.29, 1.82) is 0 Å². The second-order valence-electron chi connectivity index (χ2n) is 8.82. The quantitative estimate of drug-likeness (QED) is 0.559. The molecule has 0 saturated carbocycles. The number of aryl methyl sites for hydroxylation is 1. The van der Waals surface area contributed by atoms with Gasteiger partial charge in [0.2, 0.25) is 6.79 Å². The van der Waals surface area contributed by atoms with Crippen LogP contribution >= 0.6 is 12.2 Å². The number of pyridine rings is 1. The molecule has 2 atom stereocenters. The van der Waals surface area contributed by atoms with Crippen LogP contribution in [0.2, 0.25) is 0 Å². The van der Waals surface area contributed by atoms with Crippen molar-refractivity contribution in [3.05, 3.63) is 71.3 Å². The van der Waals surface area contributed by atoms with E-state index in [2.05, 4.69) is 70.8 Å². The van der Waals surface area contributed by atoms with E-state index in [1.165, 1.54) is 11.3 Å². The van der Waals surface area contributed by atoms with Crippen molar-refractivity contribution in [3.8, 4) is 17.2 Å². The maximum Gasteiger partial charge on any atom is 0.231 e. The lowest BCUT2D eigenvalue weighted by Crippen LogP contribution is -2.35. The summed E-state index contributed by atoms with van der Waals surface area (Å²) in [5.41, 5.74) is 5.63. The van der Waals surface area contributed by atoms with Gasteiger partial charge in [-0.3, -0.25) is 4.98 Å². The van der Waals surface area contributed by atoms with Crippen LogP contribution in [-0.2, 0) is 0 Å². The van der Waals surface area contributed by atoms with Crippen LogP contribution in [0.25, 0.3) is 5.69 Å². The summed E-state index contributed by atoms with van der Waals surface area (Å²) in [7, 11) is 4.17. The standard InChI is InChI=1S/C25H29N5O2S/c1-16-13-19(17(2)30(16)18-8-9-21-22(14-18)32-15-31-21)24-23(20-7-5-6-10-26-20)27-25(33)29(24)12-11-28(3)4/h5-10,13-14,23-24H,11-12,15H2,1-4H3,(H,27,33). The highest BCUT2D eigenvalue weighted by atomic mass is 32.1. The van der Waals surface area contributed by atoms with E-state index in [9.17, 15) is 0 Å². The Hall–Kier alpha value is -3.10. The number of thiocarbonyl (C=S) groups is 1. The van der Waals surface area contributed by atoms with Gasteiger partial charge in [0.05, 0.1) is 17.8 Å². The highest BCUT2D eigenvalue weighted by Crippen LogP contribution is 2.42. The van der Waals surface area contributed by atoms with Gasteiger partial charge in [0.25, 0.3) is 0 Å². The molecule has 2 aliphatic heterocycles. The van der Waals surface area contributed by atoms with Gasteiger partial charge in [-0.25, -0.2) is 0 Å². The summed E-state index contributed by atoms with van der Waals surface area (Å²) < 4.78 is 13.4. The third-order valence-electron chi connectivity index (χ3n) is 6.39. The lowest BCUT2D eigenvalue weighted by molar-refractivity contribution is 0.174. The van der Waals surface area contributed by atoms with E-state index in [1.807, 2.05) is 30.5 Å². The van der Waals surface area contributed by atoms with Crippen molar-refractivity contribution in [1.82, 2.24) is 24.7 Å². The minimum Gasteiger partial charge on any atom is -0.454 e. The van der Waals surface area contributed by atoms with E-state index in [4.69, 9.17) is 21.7 Å². The van der Waals surface area contributed by atoms with E-state index in [0.717, 1.165) is 46.8 Å². The zero-order valence-electron chi connectivity index (χ0n) is 19.4. The molecule has 0 aliphatic carbocycles. The third-order valence-corrected chi connectivity index (χ3v) is 6.74. The fourth-order valence-corrected chi connectivity index (χ4v) is 5.13. The summed E-state index contributed by atoms with van der Waals surface area (Å²) in [5, 5.41) is 4.32. The number of rotatable bonds is 6. The van der Waals surface area contributed by atoms with E-state index in [-0.39, 0.29) is 18.9 Å². The Morgan fingerprint density at radius 1 is 1.12 bits per heavy atom. The van der Waals surface area contributed by atoms with Crippen LogP contribution in [0, 0.1) is 13.8 Å². The number of fused-ring (bicyclic) bond motifs is 1. The van der Waals surface area contributed by atoms with Crippen molar-refractivity contribution in [3.63, 3.8) is 0 Å². The molecule has 1 fully saturated rings. The maximum atomic E-state index is 5.81. The van der Waals surface area contributed by atoms with Crippen LogP contribution in [0.4, 0.5) is 0 Å². The molecule has 1 N–H and O–H groups in total. The average Bonchev–Trinajstić information content (AvgIpc) is 3.47. The van der Waals surface area contributed by atoms with Crippen LogP contribution in [0.15, 0.2) is 48.7 Å². The van der Waals surface area contributed by atoms with Crippen LogP contribution in [0.5, 0.6) is 11.5 Å². The van der Waals surface area contributed by atoms with Crippen molar-refractivity contribution >= 4 is 17.3 Å². The number of nitrogens with one attached hydrogen (secondary N) is 1. The van der Waals surface area contributed by atoms with E-state index >= 15 is 0 Å². The summed E-state index contributed by atoms with van der Waals surface area (Å²) in [6, 6.07) is 14.4. The van der Waals surface area contributed by atoms with Gasteiger partial charge in [-0.2, -0.15) is 0 Å². The number of hydrogen-bond acceptors (Lipinski definition) is 5. The molecule has 8 heteroatoms. The molecule has 0 radical (unpaired) electrons. The zero-order valence-corrected chi connectivity index (χ0v) is 20.2. The number of nitrogens with zero attached hydrogens (tertiary/aromatic N) is 4. The molecule has 0 bridgehead atoms. The highest BCUT2D eigenvalue weighted by molar-refractivity contribution is 7.80. The summed E-state index contributed by atoms with van der Waals surface area (Å²) in [4.78, 5) is 9.15.